The molecule has 0 aliphatic heterocycles. The van der Waals surface area contributed by atoms with Gasteiger partial charge < -0.3 is 10.6 Å². The second-order valence-electron chi connectivity index (χ2n) is 7.64. The number of aromatic nitrogens is 5. The van der Waals surface area contributed by atoms with Crippen LogP contribution in [0.15, 0.2) is 30.5 Å². The number of nitrogens with zero attached hydrogens (tertiary/aromatic N) is 4. The number of hydrogen-bond acceptors (Lipinski definition) is 5. The van der Waals surface area contributed by atoms with Crippen LogP contribution in [0.3, 0.4) is 0 Å². The number of nitrogens with one attached hydrogen (secondary N) is 3. The topological polar surface area (TPSA) is 118 Å². The van der Waals surface area contributed by atoms with Crippen molar-refractivity contribution in [3.63, 3.8) is 0 Å². The van der Waals surface area contributed by atoms with Crippen molar-refractivity contribution in [1.29, 1.82) is 0 Å². The fourth-order valence-corrected chi connectivity index (χ4v) is 3.16. The van der Waals surface area contributed by atoms with Gasteiger partial charge in [0.2, 0.25) is 5.91 Å². The smallest absolute Gasteiger partial charge is 0.354 e. The molecule has 3 heterocycles. The Morgan fingerprint density at radius 1 is 1.18 bits per heavy atom. The zero-order valence-corrected chi connectivity index (χ0v) is 18.4. The van der Waals surface area contributed by atoms with Gasteiger partial charge in [0.15, 0.2) is 5.82 Å². The van der Waals surface area contributed by atoms with E-state index in [0.717, 1.165) is 12.1 Å². The predicted molar refractivity (Wildman–Crippen MR) is 114 cm³/mol. The molecule has 0 aliphatic carbocycles. The number of H-pyrrole nitrogens is 1. The quantitative estimate of drug-likeness (QED) is 0.407. The summed E-state index contributed by atoms with van der Waals surface area (Å²) in [6.07, 6.45) is -4.09. The van der Waals surface area contributed by atoms with E-state index in [0.29, 0.717) is 17.8 Å². The molecule has 1 atom stereocenters. The second kappa shape index (κ2) is 10.4. The maximum atomic E-state index is 14.2. The number of pyridine rings is 1. The Morgan fingerprint density at radius 2 is 1.91 bits per heavy atom. The van der Waals surface area contributed by atoms with E-state index in [1.54, 1.807) is 6.07 Å². The summed E-state index contributed by atoms with van der Waals surface area (Å²) in [4.78, 5) is 27.5. The highest BCUT2D eigenvalue weighted by Gasteiger charge is 2.31. The first-order chi connectivity index (χ1) is 16.0. The van der Waals surface area contributed by atoms with Crippen LogP contribution in [0.5, 0.6) is 0 Å². The molecule has 0 bridgehead atoms. The van der Waals surface area contributed by atoms with E-state index >= 15 is 0 Å². The summed E-state index contributed by atoms with van der Waals surface area (Å²) < 4.78 is 54.4. The Bertz CT molecular complexity index is 1130. The van der Waals surface area contributed by atoms with Gasteiger partial charge in [0.25, 0.3) is 5.91 Å². The van der Waals surface area contributed by atoms with E-state index in [1.165, 1.54) is 30.9 Å². The summed E-state index contributed by atoms with van der Waals surface area (Å²) in [6, 6.07) is 4.80. The molecule has 0 unspecified atom stereocenters. The maximum absolute atomic E-state index is 14.2. The zero-order chi connectivity index (χ0) is 24.9. The van der Waals surface area contributed by atoms with Crippen LogP contribution in [0, 0.1) is 6.92 Å². The lowest BCUT2D eigenvalue weighted by Gasteiger charge is -2.16. The lowest BCUT2D eigenvalue weighted by atomic mass is 10.1. The summed E-state index contributed by atoms with van der Waals surface area (Å²) >= 11 is 0. The van der Waals surface area contributed by atoms with E-state index in [-0.39, 0.29) is 42.5 Å². The average Bonchev–Trinajstić information content (AvgIpc) is 2.74. The Labute approximate surface area is 192 Å². The number of alkyl halides is 4. The lowest BCUT2D eigenvalue weighted by molar-refractivity contribution is -0.137. The number of amides is 2. The molecule has 9 nitrogen and oxygen atoms in total. The number of anilines is 1. The minimum absolute atomic E-state index is 0.0163. The molecule has 0 radical (unpaired) electrons. The number of hydrogen-bond donors (Lipinski definition) is 3. The Balaban J connectivity index is 1.47. The van der Waals surface area contributed by atoms with Gasteiger partial charge in [-0.2, -0.15) is 18.3 Å². The maximum Gasteiger partial charge on any atom is 0.416 e. The van der Waals surface area contributed by atoms with E-state index in [9.17, 15) is 27.2 Å². The Morgan fingerprint density at radius 3 is 2.53 bits per heavy atom. The first kappa shape index (κ1) is 24.9. The van der Waals surface area contributed by atoms with E-state index < -0.39 is 23.8 Å². The molecule has 3 aromatic rings. The molecule has 3 rings (SSSR count). The molecule has 3 aromatic heterocycles. The monoisotopic (exact) mass is 481 g/mol. The standard InChI is InChI=1S/C21H23F4N7O2/c1-12-7-13(21(23,24)25)8-16(27-12)9-19(33)28-18-6-5-15(29-30-18)4-3-14(22)10-32-11-17(31-32)20(34)26-2/h5-8,11,14,31H,3-4,9-10H2,1-2H3,(H,26,34)(H,28,30,33)/t14-/m1/s1. The van der Waals surface area contributed by atoms with Gasteiger partial charge in [0.05, 0.1) is 36.1 Å². The Kier molecular flexibility index (Phi) is 7.64. The molecule has 0 aliphatic rings. The molecule has 2 amide bonds. The van der Waals surface area contributed by atoms with Crippen LogP contribution in [0.4, 0.5) is 23.4 Å². The summed E-state index contributed by atoms with van der Waals surface area (Å²) in [5, 5.41) is 15.4. The number of aromatic amines is 1. The van der Waals surface area contributed by atoms with Gasteiger partial charge in [-0.1, -0.05) is 0 Å². The number of rotatable bonds is 9. The molecule has 13 heteroatoms. The molecule has 34 heavy (non-hydrogen) atoms. The number of carbonyl (C=O) groups excluding carboxylic acids is 2. The molecular weight excluding hydrogens is 458 g/mol. The highest BCUT2D eigenvalue weighted by atomic mass is 19.4. The molecular formula is C21H23F4N7O2. The van der Waals surface area contributed by atoms with Crippen LogP contribution >= 0.6 is 0 Å². The molecule has 0 spiro atoms. The molecule has 182 valence electrons. The third-order valence-electron chi connectivity index (χ3n) is 4.79. The van der Waals surface area contributed by atoms with Crippen LogP contribution in [0.1, 0.15) is 39.6 Å². The van der Waals surface area contributed by atoms with Crippen molar-refractivity contribution in [3.8, 4) is 0 Å². The fraction of sp³-hybridized carbons (Fsp3) is 0.381. The first-order valence-corrected chi connectivity index (χ1v) is 10.3. The van der Waals surface area contributed by atoms with Gasteiger partial charge in [-0.15, -0.1) is 5.10 Å². The van der Waals surface area contributed by atoms with E-state index in [2.05, 4.69) is 30.9 Å². The summed E-state index contributed by atoms with van der Waals surface area (Å²) in [6.45, 7) is 1.48. The summed E-state index contributed by atoms with van der Waals surface area (Å²) in [5.74, 6) is -0.760. The highest BCUT2D eigenvalue weighted by molar-refractivity contribution is 5.92. The van der Waals surface area contributed by atoms with Gasteiger partial charge in [-0.25, -0.2) is 4.39 Å². The van der Waals surface area contributed by atoms with E-state index in [1.807, 2.05) is 0 Å². The van der Waals surface area contributed by atoms with Crippen molar-refractivity contribution < 1.29 is 27.2 Å². The van der Waals surface area contributed by atoms with Gasteiger partial charge >= 0.3 is 6.18 Å². The molecule has 0 fully saturated rings. The van der Waals surface area contributed by atoms with Crippen LogP contribution in [-0.2, 0) is 30.4 Å². The average molecular weight is 481 g/mol. The largest absolute Gasteiger partial charge is 0.416 e. The minimum atomic E-state index is -4.53. The number of aryl methyl sites for hydroxylation is 2. The summed E-state index contributed by atoms with van der Waals surface area (Å²) in [7, 11) is 1.50. The SMILES string of the molecule is CNC(=O)c1cn(C[C@H](F)CCc2ccc(NC(=O)Cc3cc(C(F)(F)F)cc(C)n3)nn2)[nH]1. The minimum Gasteiger partial charge on any atom is -0.354 e. The van der Waals surface area contributed by atoms with Gasteiger partial charge in [0, 0.05) is 12.7 Å². The van der Waals surface area contributed by atoms with Gasteiger partial charge in [0.1, 0.15) is 11.9 Å². The van der Waals surface area contributed by atoms with Crippen molar-refractivity contribution in [3.05, 3.63) is 58.8 Å². The van der Waals surface area contributed by atoms with Crippen molar-refractivity contribution in [2.24, 2.45) is 0 Å². The van der Waals surface area contributed by atoms with Crippen molar-refractivity contribution in [2.45, 2.75) is 45.1 Å². The highest BCUT2D eigenvalue weighted by Crippen LogP contribution is 2.30. The third-order valence-corrected chi connectivity index (χ3v) is 4.79. The lowest BCUT2D eigenvalue weighted by Crippen LogP contribution is -2.27. The molecule has 0 saturated carbocycles. The summed E-state index contributed by atoms with van der Waals surface area (Å²) in [5.41, 5.74) is 0.134. The number of halogens is 4. The number of carbonyl (C=O) groups is 2. The zero-order valence-electron chi connectivity index (χ0n) is 18.4. The van der Waals surface area contributed by atoms with Crippen LogP contribution in [0.25, 0.3) is 0 Å². The van der Waals surface area contributed by atoms with E-state index in [4.69, 9.17) is 0 Å². The van der Waals surface area contributed by atoms with Crippen LogP contribution in [0.2, 0.25) is 0 Å². The third kappa shape index (κ3) is 6.86. The second-order valence-corrected chi connectivity index (χ2v) is 7.64. The molecule has 3 N–H and O–H groups in total. The van der Waals surface area contributed by atoms with Crippen molar-refractivity contribution >= 4 is 17.6 Å². The molecule has 0 aromatic carbocycles. The normalized spacial score (nSPS) is 12.4. The predicted octanol–water partition coefficient (Wildman–Crippen LogP) is 2.84. The van der Waals surface area contributed by atoms with Gasteiger partial charge in [-0.05, 0) is 44.0 Å². The first-order valence-electron chi connectivity index (χ1n) is 10.3. The fourth-order valence-electron chi connectivity index (χ4n) is 3.16. The molecule has 0 saturated heterocycles. The van der Waals surface area contributed by atoms with Gasteiger partial charge in [-0.3, -0.25) is 24.4 Å². The Hall–Kier alpha value is -3.77. The van der Waals surface area contributed by atoms with Crippen molar-refractivity contribution in [2.75, 3.05) is 12.4 Å². The van der Waals surface area contributed by atoms with Crippen LogP contribution < -0.4 is 10.6 Å². The van der Waals surface area contributed by atoms with Crippen LogP contribution in [-0.4, -0.2) is 50.0 Å². The van der Waals surface area contributed by atoms with Crippen molar-refractivity contribution in [1.82, 2.24) is 30.3 Å².